The van der Waals surface area contributed by atoms with E-state index < -0.39 is 11.7 Å². The van der Waals surface area contributed by atoms with Crippen molar-refractivity contribution < 1.29 is 13.2 Å². The number of rotatable bonds is 11. The number of nitrogens with zero attached hydrogens (tertiary/aromatic N) is 1. The Bertz CT molecular complexity index is 742. The lowest BCUT2D eigenvalue weighted by Gasteiger charge is -2.35. The molecule has 0 aromatic heterocycles. The molecule has 0 amide bonds. The molecule has 158 valence electrons. The minimum Gasteiger partial charge on any atom is -0.375 e. The number of para-hydroxylation sites is 1. The van der Waals surface area contributed by atoms with E-state index in [1.54, 1.807) is 12.1 Å². The molecule has 0 aliphatic heterocycles. The molecule has 0 heterocycles. The van der Waals surface area contributed by atoms with Crippen LogP contribution in [0.5, 0.6) is 0 Å². The quantitative estimate of drug-likeness (QED) is 0.503. The van der Waals surface area contributed by atoms with E-state index in [9.17, 15) is 13.2 Å². The van der Waals surface area contributed by atoms with Gasteiger partial charge in [-0.1, -0.05) is 43.8 Å². The number of hydrogen-bond acceptors (Lipinski definition) is 3. The van der Waals surface area contributed by atoms with Crippen molar-refractivity contribution in [2.24, 2.45) is 0 Å². The maximum atomic E-state index is 12.8. The van der Waals surface area contributed by atoms with Crippen LogP contribution in [-0.4, -0.2) is 26.2 Å². The Morgan fingerprint density at radius 1 is 1.03 bits per heavy atom. The Morgan fingerprint density at radius 3 is 2.24 bits per heavy atom. The highest BCUT2D eigenvalue weighted by atomic mass is 19.4. The molecular weight excluding hydrogens is 375 g/mol. The summed E-state index contributed by atoms with van der Waals surface area (Å²) < 4.78 is 38.4. The van der Waals surface area contributed by atoms with Crippen LogP contribution in [0.25, 0.3) is 0 Å². The van der Waals surface area contributed by atoms with Crippen LogP contribution in [0, 0.1) is 0 Å². The van der Waals surface area contributed by atoms with E-state index in [-0.39, 0.29) is 6.04 Å². The maximum Gasteiger partial charge on any atom is 0.416 e. The summed E-state index contributed by atoms with van der Waals surface area (Å²) in [6.45, 7) is 7.98. The van der Waals surface area contributed by atoms with E-state index in [4.69, 9.17) is 0 Å². The average molecular weight is 406 g/mol. The molecule has 0 fully saturated rings. The van der Waals surface area contributed by atoms with E-state index in [0.717, 1.165) is 55.1 Å². The summed E-state index contributed by atoms with van der Waals surface area (Å²) in [6.07, 6.45) is -1.92. The van der Waals surface area contributed by atoms with Gasteiger partial charge < -0.3 is 15.5 Å². The molecule has 0 saturated carbocycles. The number of hydrogen-bond donors (Lipinski definition) is 2. The van der Waals surface area contributed by atoms with Gasteiger partial charge in [0.15, 0.2) is 0 Å². The van der Waals surface area contributed by atoms with E-state index in [1.165, 1.54) is 0 Å². The number of nitrogens with one attached hydrogen (secondary N) is 2. The van der Waals surface area contributed by atoms with Gasteiger partial charge >= 0.3 is 6.18 Å². The van der Waals surface area contributed by atoms with E-state index >= 15 is 0 Å². The third-order valence-electron chi connectivity index (χ3n) is 4.93. The zero-order valence-electron chi connectivity index (χ0n) is 17.1. The van der Waals surface area contributed by atoms with Crippen LogP contribution >= 0.6 is 0 Å². The Labute approximate surface area is 171 Å². The molecule has 0 saturated heterocycles. The van der Waals surface area contributed by atoms with Gasteiger partial charge in [0.2, 0.25) is 0 Å². The molecule has 0 spiro atoms. The summed E-state index contributed by atoms with van der Waals surface area (Å²) in [6, 6.07) is 15.6. The molecule has 2 aromatic carbocycles. The van der Waals surface area contributed by atoms with Crippen LogP contribution in [0.1, 0.15) is 30.9 Å². The van der Waals surface area contributed by atoms with Gasteiger partial charge in [-0.2, -0.15) is 13.2 Å². The molecule has 0 aliphatic carbocycles. The highest BCUT2D eigenvalue weighted by molar-refractivity contribution is 5.52. The summed E-state index contributed by atoms with van der Waals surface area (Å²) in [5, 5.41) is 6.51. The molecule has 29 heavy (non-hydrogen) atoms. The monoisotopic (exact) mass is 405 g/mol. The number of alkyl halides is 3. The summed E-state index contributed by atoms with van der Waals surface area (Å²) >= 11 is 0. The molecule has 2 aromatic rings. The van der Waals surface area contributed by atoms with Crippen molar-refractivity contribution in [1.29, 1.82) is 0 Å². The zero-order valence-corrected chi connectivity index (χ0v) is 17.1. The summed E-state index contributed by atoms with van der Waals surface area (Å²) in [4.78, 5) is 2.18. The summed E-state index contributed by atoms with van der Waals surface area (Å²) in [5.41, 5.74) is 1.33. The highest BCUT2D eigenvalue weighted by Gasteiger charge is 2.30. The highest BCUT2D eigenvalue weighted by Crippen LogP contribution is 2.30. The van der Waals surface area contributed by atoms with Crippen LogP contribution < -0.4 is 15.5 Å². The first-order valence-electron chi connectivity index (χ1n) is 9.94. The van der Waals surface area contributed by atoms with Crippen molar-refractivity contribution in [3.05, 3.63) is 78.1 Å². The molecule has 2 N–H and O–H groups in total. The zero-order chi connectivity index (χ0) is 21.3. The SMILES string of the molecule is C=C(NC)N(c1ccccc1)C(CCNCC)CCc1ccc(C(F)(F)F)cc1. The van der Waals surface area contributed by atoms with Gasteiger partial charge in [0, 0.05) is 18.8 Å². The molecule has 0 aliphatic rings. The standard InChI is InChI=1S/C23H30F3N3/c1-4-28-17-16-22(29(18(2)27-3)21-8-6-5-7-9-21)15-12-19-10-13-20(14-11-19)23(24,25)26/h5-11,13-14,22,27-28H,2,4,12,15-17H2,1,3H3. The number of aryl methyl sites for hydroxylation is 1. The molecule has 2 rings (SSSR count). The van der Waals surface area contributed by atoms with Crippen LogP contribution in [0.4, 0.5) is 18.9 Å². The van der Waals surface area contributed by atoms with Crippen LogP contribution in [0.3, 0.4) is 0 Å². The Hall–Kier alpha value is -2.47. The lowest BCUT2D eigenvalue weighted by atomic mass is 9.99. The fourth-order valence-corrected chi connectivity index (χ4v) is 3.34. The minimum absolute atomic E-state index is 0.152. The lowest BCUT2D eigenvalue weighted by molar-refractivity contribution is -0.137. The first kappa shape index (κ1) is 22.8. The Balaban J connectivity index is 2.18. The third kappa shape index (κ3) is 6.82. The van der Waals surface area contributed by atoms with E-state index in [0.29, 0.717) is 6.42 Å². The van der Waals surface area contributed by atoms with Crippen LogP contribution in [0.2, 0.25) is 0 Å². The molecule has 1 unspecified atom stereocenters. The van der Waals surface area contributed by atoms with Crippen molar-refractivity contribution in [2.45, 2.75) is 38.4 Å². The lowest BCUT2D eigenvalue weighted by Crippen LogP contribution is -2.40. The van der Waals surface area contributed by atoms with Crippen LogP contribution in [0.15, 0.2) is 67.0 Å². The number of benzene rings is 2. The molecule has 6 heteroatoms. The fraction of sp³-hybridized carbons (Fsp3) is 0.391. The fourth-order valence-electron chi connectivity index (χ4n) is 3.34. The van der Waals surface area contributed by atoms with E-state index in [2.05, 4.69) is 29.0 Å². The molecular formula is C23H30F3N3. The second-order valence-corrected chi connectivity index (χ2v) is 6.93. The predicted molar refractivity (Wildman–Crippen MR) is 114 cm³/mol. The van der Waals surface area contributed by atoms with Crippen LogP contribution in [-0.2, 0) is 12.6 Å². The van der Waals surface area contributed by atoms with E-state index in [1.807, 2.05) is 37.4 Å². The Kier molecular flexibility index (Phi) is 8.58. The molecule has 0 radical (unpaired) electrons. The normalized spacial score (nSPS) is 12.4. The predicted octanol–water partition coefficient (Wildman–Crippen LogP) is 5.20. The van der Waals surface area contributed by atoms with Crippen molar-refractivity contribution in [2.75, 3.05) is 25.0 Å². The molecule has 0 bridgehead atoms. The van der Waals surface area contributed by atoms with Crippen molar-refractivity contribution in [3.63, 3.8) is 0 Å². The minimum atomic E-state index is -4.30. The third-order valence-corrected chi connectivity index (χ3v) is 4.93. The summed E-state index contributed by atoms with van der Waals surface area (Å²) in [7, 11) is 1.84. The largest absolute Gasteiger partial charge is 0.416 e. The molecule has 1 atom stereocenters. The van der Waals surface area contributed by atoms with Gasteiger partial charge in [0.05, 0.1) is 11.4 Å². The topological polar surface area (TPSA) is 27.3 Å². The van der Waals surface area contributed by atoms with Crippen molar-refractivity contribution in [1.82, 2.24) is 10.6 Å². The second-order valence-electron chi connectivity index (χ2n) is 6.93. The maximum absolute atomic E-state index is 12.8. The average Bonchev–Trinajstić information content (AvgIpc) is 2.72. The van der Waals surface area contributed by atoms with Crippen molar-refractivity contribution in [3.8, 4) is 0 Å². The first-order chi connectivity index (χ1) is 13.9. The Morgan fingerprint density at radius 2 is 1.69 bits per heavy atom. The van der Waals surface area contributed by atoms with Crippen molar-refractivity contribution >= 4 is 5.69 Å². The number of halogens is 3. The smallest absolute Gasteiger partial charge is 0.375 e. The van der Waals surface area contributed by atoms with Gasteiger partial charge in [-0.15, -0.1) is 0 Å². The van der Waals surface area contributed by atoms with Gasteiger partial charge in [-0.3, -0.25) is 0 Å². The van der Waals surface area contributed by atoms with Gasteiger partial charge in [-0.25, -0.2) is 0 Å². The second kappa shape index (κ2) is 10.9. The summed E-state index contributed by atoms with van der Waals surface area (Å²) in [5.74, 6) is 0.796. The van der Waals surface area contributed by atoms with Gasteiger partial charge in [0.1, 0.15) is 0 Å². The first-order valence-corrected chi connectivity index (χ1v) is 9.94. The van der Waals surface area contributed by atoms with Gasteiger partial charge in [-0.05, 0) is 62.2 Å². The number of anilines is 1. The molecule has 3 nitrogen and oxygen atoms in total. The van der Waals surface area contributed by atoms with Gasteiger partial charge in [0.25, 0.3) is 0 Å².